The minimum atomic E-state index is -3.56. The third-order valence-corrected chi connectivity index (χ3v) is 4.16. The fourth-order valence-corrected chi connectivity index (χ4v) is 2.16. The number of halogens is 2. The molecule has 1 aliphatic rings. The van der Waals surface area contributed by atoms with Gasteiger partial charge in [0.25, 0.3) is 9.05 Å². The van der Waals surface area contributed by atoms with E-state index in [1.807, 2.05) is 6.92 Å². The van der Waals surface area contributed by atoms with Crippen molar-refractivity contribution in [1.82, 2.24) is 0 Å². The Balaban J connectivity index is 2.99. The van der Waals surface area contributed by atoms with E-state index < -0.39 is 9.05 Å². The van der Waals surface area contributed by atoms with Gasteiger partial charge < -0.3 is 0 Å². The van der Waals surface area contributed by atoms with Crippen molar-refractivity contribution in [2.45, 2.75) is 11.8 Å². The molecule has 12 heavy (non-hydrogen) atoms. The zero-order valence-corrected chi connectivity index (χ0v) is 9.53. The predicted molar refractivity (Wildman–Crippen MR) is 53.9 cm³/mol. The number of hydrogen-bond donors (Lipinski definition) is 0. The predicted octanol–water partition coefficient (Wildman–Crippen LogP) is 2.41. The molecule has 5 heteroatoms. The second kappa shape index (κ2) is 3.52. The fraction of sp³-hybridized carbons (Fsp3) is 0.429. The van der Waals surface area contributed by atoms with Crippen molar-refractivity contribution in [1.29, 1.82) is 0 Å². The molecule has 1 rings (SSSR count). The van der Waals surface area contributed by atoms with Gasteiger partial charge in [0.15, 0.2) is 0 Å². The van der Waals surface area contributed by atoms with Gasteiger partial charge in [-0.15, -0.1) is 0 Å². The van der Waals surface area contributed by atoms with Crippen molar-refractivity contribution in [2.75, 3.05) is 0 Å². The maximum Gasteiger partial charge on any atom is 0.260 e. The van der Waals surface area contributed by atoms with Crippen molar-refractivity contribution in [2.24, 2.45) is 5.92 Å². The monoisotopic (exact) mass is 270 g/mol. The first-order chi connectivity index (χ1) is 5.41. The molecular formula is C7H8BrClO2S. The number of hydrogen-bond acceptors (Lipinski definition) is 2. The molecular weight excluding hydrogens is 263 g/mol. The van der Waals surface area contributed by atoms with E-state index in [0.29, 0.717) is 0 Å². The van der Waals surface area contributed by atoms with Gasteiger partial charge in [0.05, 0.1) is 4.91 Å². The molecule has 68 valence electrons. The van der Waals surface area contributed by atoms with Gasteiger partial charge in [-0.3, -0.25) is 0 Å². The Labute approximate surface area is 84.8 Å². The van der Waals surface area contributed by atoms with E-state index in [2.05, 4.69) is 15.9 Å². The Hall–Kier alpha value is 0.200. The van der Waals surface area contributed by atoms with Gasteiger partial charge in [-0.25, -0.2) is 8.42 Å². The summed E-state index contributed by atoms with van der Waals surface area (Å²) in [7, 11) is 1.61. The molecule has 0 spiro atoms. The first-order valence-corrected chi connectivity index (χ1v) is 6.62. The summed E-state index contributed by atoms with van der Waals surface area (Å²) in [6.07, 6.45) is 4.93. The Morgan fingerprint density at radius 3 is 2.58 bits per heavy atom. The molecule has 0 heterocycles. The Morgan fingerprint density at radius 2 is 2.17 bits per heavy atom. The van der Waals surface area contributed by atoms with E-state index in [1.54, 1.807) is 12.2 Å². The molecule has 0 fully saturated rings. The van der Waals surface area contributed by atoms with Gasteiger partial charge in [0, 0.05) is 15.5 Å². The molecule has 0 amide bonds. The van der Waals surface area contributed by atoms with Crippen LogP contribution in [0.2, 0.25) is 0 Å². The zero-order chi connectivity index (χ0) is 9.35. The lowest BCUT2D eigenvalue weighted by Crippen LogP contribution is -2.11. The van der Waals surface area contributed by atoms with Crippen molar-refractivity contribution in [3.8, 4) is 0 Å². The van der Waals surface area contributed by atoms with Crippen LogP contribution in [0.25, 0.3) is 0 Å². The maximum absolute atomic E-state index is 10.9. The Bertz CT molecular complexity index is 331. The van der Waals surface area contributed by atoms with Crippen LogP contribution in [0.4, 0.5) is 0 Å². The van der Waals surface area contributed by atoms with Crippen molar-refractivity contribution in [3.63, 3.8) is 0 Å². The Morgan fingerprint density at radius 1 is 1.58 bits per heavy atom. The smallest absolute Gasteiger partial charge is 0.207 e. The standard InChI is InChI=1S/C7H8BrClO2S/c1-5-4-6(12(9,10)11)2-3-7(5)8/h2-5,7H,1H3. The highest BCUT2D eigenvalue weighted by Gasteiger charge is 2.19. The minimum Gasteiger partial charge on any atom is -0.207 e. The molecule has 0 radical (unpaired) electrons. The Kier molecular flexibility index (Phi) is 3.01. The van der Waals surface area contributed by atoms with Crippen LogP contribution in [0.5, 0.6) is 0 Å². The lowest BCUT2D eigenvalue weighted by atomic mass is 10.0. The SMILES string of the molecule is CC1C=C(S(=O)(=O)Cl)C=CC1Br. The van der Waals surface area contributed by atoms with Crippen LogP contribution in [-0.2, 0) is 9.05 Å². The molecule has 0 aromatic rings. The largest absolute Gasteiger partial charge is 0.260 e. The summed E-state index contributed by atoms with van der Waals surface area (Å²) in [5.74, 6) is 0.151. The molecule has 0 aromatic heterocycles. The molecule has 0 aliphatic heterocycles. The van der Waals surface area contributed by atoms with Gasteiger partial charge in [0.1, 0.15) is 0 Å². The summed E-state index contributed by atoms with van der Waals surface area (Å²) in [5, 5.41) is 0. The third kappa shape index (κ3) is 2.34. The van der Waals surface area contributed by atoms with E-state index >= 15 is 0 Å². The molecule has 0 bridgehead atoms. The van der Waals surface area contributed by atoms with Crippen LogP contribution in [0.15, 0.2) is 23.1 Å². The van der Waals surface area contributed by atoms with Gasteiger partial charge in [0.2, 0.25) is 0 Å². The molecule has 0 saturated heterocycles. The first-order valence-electron chi connectivity index (χ1n) is 3.40. The van der Waals surface area contributed by atoms with Gasteiger partial charge >= 0.3 is 0 Å². The van der Waals surface area contributed by atoms with E-state index in [-0.39, 0.29) is 15.7 Å². The molecule has 2 nitrogen and oxygen atoms in total. The van der Waals surface area contributed by atoms with E-state index in [4.69, 9.17) is 10.7 Å². The van der Waals surface area contributed by atoms with Crippen LogP contribution in [0.1, 0.15) is 6.92 Å². The zero-order valence-electron chi connectivity index (χ0n) is 6.37. The highest BCUT2D eigenvalue weighted by Crippen LogP contribution is 2.26. The van der Waals surface area contributed by atoms with E-state index in [1.165, 1.54) is 6.08 Å². The average Bonchev–Trinajstić information content (AvgIpc) is 1.92. The maximum atomic E-state index is 10.9. The van der Waals surface area contributed by atoms with Crippen molar-refractivity contribution >= 4 is 35.7 Å². The fourth-order valence-electron chi connectivity index (χ4n) is 0.931. The van der Waals surface area contributed by atoms with Gasteiger partial charge in [-0.2, -0.15) is 0 Å². The molecule has 1 aliphatic carbocycles. The van der Waals surface area contributed by atoms with Crippen LogP contribution in [0.3, 0.4) is 0 Å². The molecule has 0 saturated carbocycles. The van der Waals surface area contributed by atoms with Gasteiger partial charge in [-0.1, -0.05) is 35.0 Å². The summed E-state index contributed by atoms with van der Waals surface area (Å²) < 4.78 is 21.7. The second-order valence-electron chi connectivity index (χ2n) is 2.67. The van der Waals surface area contributed by atoms with Crippen LogP contribution in [-0.4, -0.2) is 13.2 Å². The average molecular weight is 272 g/mol. The highest BCUT2D eigenvalue weighted by atomic mass is 79.9. The topological polar surface area (TPSA) is 34.1 Å². The molecule has 2 unspecified atom stereocenters. The quantitative estimate of drug-likeness (QED) is 0.542. The van der Waals surface area contributed by atoms with Crippen molar-refractivity contribution in [3.05, 3.63) is 23.1 Å². The summed E-state index contributed by atoms with van der Waals surface area (Å²) in [6, 6.07) is 0. The lowest BCUT2D eigenvalue weighted by Gasteiger charge is -2.15. The summed E-state index contributed by atoms with van der Waals surface area (Å²) in [4.78, 5) is 0.382. The van der Waals surface area contributed by atoms with Crippen molar-refractivity contribution < 1.29 is 8.42 Å². The minimum absolute atomic E-state index is 0.151. The van der Waals surface area contributed by atoms with Crippen LogP contribution < -0.4 is 0 Å². The van der Waals surface area contributed by atoms with E-state index in [0.717, 1.165) is 0 Å². The van der Waals surface area contributed by atoms with E-state index in [9.17, 15) is 8.42 Å². The number of alkyl halides is 1. The summed E-state index contributed by atoms with van der Waals surface area (Å²) in [6.45, 7) is 1.92. The first kappa shape index (κ1) is 10.3. The van der Waals surface area contributed by atoms with Gasteiger partial charge in [-0.05, 0) is 12.0 Å². The lowest BCUT2D eigenvalue weighted by molar-refractivity contribution is 0.614. The third-order valence-electron chi connectivity index (χ3n) is 1.66. The molecule has 2 atom stereocenters. The highest BCUT2D eigenvalue weighted by molar-refractivity contribution is 9.09. The molecule has 0 aromatic carbocycles. The number of rotatable bonds is 1. The summed E-state index contributed by atoms with van der Waals surface area (Å²) >= 11 is 3.38. The number of allylic oxidation sites excluding steroid dienone is 3. The normalized spacial score (nSPS) is 30.1. The van der Waals surface area contributed by atoms with Crippen LogP contribution in [0, 0.1) is 5.92 Å². The summed E-state index contributed by atoms with van der Waals surface area (Å²) in [5.41, 5.74) is 0. The second-order valence-corrected chi connectivity index (χ2v) is 6.29. The van der Waals surface area contributed by atoms with Crippen LogP contribution >= 0.6 is 26.6 Å². The molecule has 0 N–H and O–H groups in total.